The van der Waals surface area contributed by atoms with Crippen molar-refractivity contribution in [2.75, 3.05) is 6.54 Å². The predicted molar refractivity (Wildman–Crippen MR) is 67.1 cm³/mol. The van der Waals surface area contributed by atoms with E-state index < -0.39 is 18.1 Å². The number of rotatable bonds is 7. The highest BCUT2D eigenvalue weighted by molar-refractivity contribution is 5.84. The molecular weight excluding hydrogens is 234 g/mol. The largest absolute Gasteiger partial charge is 0.480 e. The van der Waals surface area contributed by atoms with E-state index in [0.717, 1.165) is 25.7 Å². The molecule has 0 aliphatic carbocycles. The standard InChI is InChI=1S/C13H23NO4/c1-2-3-4-5-6-7-12(16)14-9-10(15)8-11(14)13(17)18/h10-11,15H,2-9H2,1H3,(H,17,18)/t10-,11-/m0/s1. The molecule has 0 spiro atoms. The molecule has 0 aromatic heterocycles. The highest BCUT2D eigenvalue weighted by Gasteiger charge is 2.38. The summed E-state index contributed by atoms with van der Waals surface area (Å²) in [4.78, 5) is 24.2. The number of β-amino-alcohol motifs (C(OH)–C–C–N with tert-alkyl or cyclic N) is 1. The van der Waals surface area contributed by atoms with Crippen molar-refractivity contribution in [2.45, 2.75) is 64.0 Å². The van der Waals surface area contributed by atoms with Gasteiger partial charge in [0.15, 0.2) is 0 Å². The fourth-order valence-electron chi connectivity index (χ4n) is 2.35. The lowest BCUT2D eigenvalue weighted by Gasteiger charge is -2.21. The normalized spacial score (nSPS) is 23.3. The third-order valence-electron chi connectivity index (χ3n) is 3.38. The van der Waals surface area contributed by atoms with Crippen LogP contribution in [0.1, 0.15) is 51.9 Å². The zero-order valence-electron chi connectivity index (χ0n) is 11.0. The van der Waals surface area contributed by atoms with E-state index in [9.17, 15) is 14.7 Å². The summed E-state index contributed by atoms with van der Waals surface area (Å²) >= 11 is 0. The molecule has 0 saturated carbocycles. The molecule has 1 heterocycles. The van der Waals surface area contributed by atoms with Crippen LogP contribution in [0, 0.1) is 0 Å². The van der Waals surface area contributed by atoms with Gasteiger partial charge in [-0.3, -0.25) is 4.79 Å². The van der Waals surface area contributed by atoms with Gasteiger partial charge < -0.3 is 15.1 Å². The van der Waals surface area contributed by atoms with Crippen LogP contribution in [0.25, 0.3) is 0 Å². The monoisotopic (exact) mass is 257 g/mol. The van der Waals surface area contributed by atoms with Crippen molar-refractivity contribution < 1.29 is 19.8 Å². The highest BCUT2D eigenvalue weighted by atomic mass is 16.4. The Balaban J connectivity index is 2.33. The minimum Gasteiger partial charge on any atom is -0.480 e. The van der Waals surface area contributed by atoms with Gasteiger partial charge >= 0.3 is 5.97 Å². The molecule has 1 rings (SSSR count). The third kappa shape index (κ3) is 4.29. The lowest BCUT2D eigenvalue weighted by atomic mass is 10.1. The van der Waals surface area contributed by atoms with Gasteiger partial charge in [0.2, 0.25) is 5.91 Å². The molecular formula is C13H23NO4. The van der Waals surface area contributed by atoms with Gasteiger partial charge in [-0.2, -0.15) is 0 Å². The number of amides is 1. The van der Waals surface area contributed by atoms with Crippen LogP contribution >= 0.6 is 0 Å². The van der Waals surface area contributed by atoms with Gasteiger partial charge in [0.1, 0.15) is 6.04 Å². The molecule has 0 radical (unpaired) electrons. The number of nitrogens with zero attached hydrogens (tertiary/aromatic N) is 1. The highest BCUT2D eigenvalue weighted by Crippen LogP contribution is 2.20. The van der Waals surface area contributed by atoms with Gasteiger partial charge in [-0.25, -0.2) is 4.79 Å². The summed E-state index contributed by atoms with van der Waals surface area (Å²) < 4.78 is 0. The van der Waals surface area contributed by atoms with Crippen LogP contribution in [-0.2, 0) is 9.59 Å². The minimum atomic E-state index is -1.02. The van der Waals surface area contributed by atoms with Crippen molar-refractivity contribution in [1.82, 2.24) is 4.90 Å². The number of carboxylic acid groups (broad SMARTS) is 1. The summed E-state index contributed by atoms with van der Waals surface area (Å²) in [6.07, 6.45) is 5.11. The van der Waals surface area contributed by atoms with Crippen molar-refractivity contribution in [3.05, 3.63) is 0 Å². The van der Waals surface area contributed by atoms with E-state index in [2.05, 4.69) is 6.92 Å². The molecule has 0 bridgehead atoms. The number of hydrogen-bond donors (Lipinski definition) is 2. The second-order valence-electron chi connectivity index (χ2n) is 4.95. The van der Waals surface area contributed by atoms with Crippen molar-refractivity contribution >= 4 is 11.9 Å². The Morgan fingerprint density at radius 1 is 1.22 bits per heavy atom. The first-order chi connectivity index (χ1) is 8.56. The molecule has 0 aromatic rings. The van der Waals surface area contributed by atoms with E-state index in [0.29, 0.717) is 6.42 Å². The van der Waals surface area contributed by atoms with Gasteiger partial charge in [0.25, 0.3) is 0 Å². The maximum Gasteiger partial charge on any atom is 0.326 e. The first-order valence-electron chi connectivity index (χ1n) is 6.76. The zero-order valence-corrected chi connectivity index (χ0v) is 11.0. The van der Waals surface area contributed by atoms with E-state index in [-0.39, 0.29) is 18.9 Å². The van der Waals surface area contributed by atoms with E-state index in [1.807, 2.05) is 0 Å². The number of hydrogen-bond acceptors (Lipinski definition) is 3. The van der Waals surface area contributed by atoms with Crippen LogP contribution in [0.5, 0.6) is 0 Å². The molecule has 1 saturated heterocycles. The van der Waals surface area contributed by atoms with Crippen LogP contribution in [0.4, 0.5) is 0 Å². The summed E-state index contributed by atoms with van der Waals surface area (Å²) in [5, 5.41) is 18.4. The third-order valence-corrected chi connectivity index (χ3v) is 3.38. The molecule has 2 N–H and O–H groups in total. The predicted octanol–water partition coefficient (Wildman–Crippen LogP) is 1.39. The van der Waals surface area contributed by atoms with E-state index >= 15 is 0 Å². The lowest BCUT2D eigenvalue weighted by molar-refractivity contribution is -0.148. The first kappa shape index (κ1) is 15.0. The average Bonchev–Trinajstić information content (AvgIpc) is 2.71. The van der Waals surface area contributed by atoms with E-state index in [1.165, 1.54) is 11.3 Å². The van der Waals surface area contributed by atoms with Crippen molar-refractivity contribution in [2.24, 2.45) is 0 Å². The summed E-state index contributed by atoms with van der Waals surface area (Å²) in [7, 11) is 0. The first-order valence-corrected chi connectivity index (χ1v) is 6.76. The second-order valence-corrected chi connectivity index (χ2v) is 4.95. The molecule has 1 aliphatic rings. The average molecular weight is 257 g/mol. The smallest absolute Gasteiger partial charge is 0.326 e. The molecule has 104 valence electrons. The van der Waals surface area contributed by atoms with Gasteiger partial charge in [0, 0.05) is 19.4 Å². The number of aliphatic carboxylic acids is 1. The fraction of sp³-hybridized carbons (Fsp3) is 0.846. The SMILES string of the molecule is CCCCCCCC(=O)N1C[C@@H](O)C[C@H]1C(=O)O. The van der Waals surface area contributed by atoms with E-state index in [1.54, 1.807) is 0 Å². The fourth-order valence-corrected chi connectivity index (χ4v) is 2.35. The molecule has 5 heteroatoms. The summed E-state index contributed by atoms with van der Waals surface area (Å²) in [6, 6.07) is -0.844. The van der Waals surface area contributed by atoms with E-state index in [4.69, 9.17) is 5.11 Å². The Morgan fingerprint density at radius 3 is 2.50 bits per heavy atom. The summed E-state index contributed by atoms with van der Waals surface area (Å²) in [5.41, 5.74) is 0. The van der Waals surface area contributed by atoms with Crippen molar-refractivity contribution in [3.8, 4) is 0 Å². The molecule has 5 nitrogen and oxygen atoms in total. The molecule has 18 heavy (non-hydrogen) atoms. The van der Waals surface area contributed by atoms with Crippen LogP contribution in [-0.4, -0.2) is 45.7 Å². The second kappa shape index (κ2) is 7.36. The topological polar surface area (TPSA) is 77.8 Å². The minimum absolute atomic E-state index is 0.143. The van der Waals surface area contributed by atoms with Gasteiger partial charge in [-0.1, -0.05) is 32.6 Å². The Morgan fingerprint density at radius 2 is 1.89 bits per heavy atom. The number of carbonyl (C=O) groups excluding carboxylic acids is 1. The van der Waals surface area contributed by atoms with Crippen LogP contribution in [0.15, 0.2) is 0 Å². The summed E-state index contributed by atoms with van der Waals surface area (Å²) in [6.45, 7) is 2.29. The number of aliphatic hydroxyl groups excluding tert-OH is 1. The Labute approximate surface area is 108 Å². The maximum absolute atomic E-state index is 11.9. The Bertz CT molecular complexity index is 293. The van der Waals surface area contributed by atoms with Gasteiger partial charge in [-0.05, 0) is 6.42 Å². The molecule has 0 aromatic carbocycles. The van der Waals surface area contributed by atoms with Crippen molar-refractivity contribution in [3.63, 3.8) is 0 Å². The number of unbranched alkanes of at least 4 members (excludes halogenated alkanes) is 4. The molecule has 1 fully saturated rings. The number of carbonyl (C=O) groups is 2. The van der Waals surface area contributed by atoms with Gasteiger partial charge in [0.05, 0.1) is 6.10 Å². The molecule has 1 amide bonds. The van der Waals surface area contributed by atoms with Crippen LogP contribution in [0.3, 0.4) is 0 Å². The zero-order chi connectivity index (χ0) is 13.5. The number of likely N-dealkylation sites (tertiary alicyclic amines) is 1. The van der Waals surface area contributed by atoms with Gasteiger partial charge in [-0.15, -0.1) is 0 Å². The van der Waals surface area contributed by atoms with Crippen molar-refractivity contribution in [1.29, 1.82) is 0 Å². The van der Waals surface area contributed by atoms with Crippen LogP contribution in [0.2, 0.25) is 0 Å². The quantitative estimate of drug-likeness (QED) is 0.676. The Kier molecular flexibility index (Phi) is 6.12. The Hall–Kier alpha value is -1.10. The lowest BCUT2D eigenvalue weighted by Crippen LogP contribution is -2.40. The summed E-state index contributed by atoms with van der Waals surface area (Å²) in [5.74, 6) is -1.17. The molecule has 0 unspecified atom stereocenters. The van der Waals surface area contributed by atoms with Crippen LogP contribution < -0.4 is 0 Å². The maximum atomic E-state index is 11.9. The number of carboxylic acids is 1. The molecule has 2 atom stereocenters. The number of aliphatic hydroxyl groups is 1. The molecule has 1 aliphatic heterocycles.